The number of unbranched alkanes of at least 4 members (excludes halogenated alkanes) is 2. The van der Waals surface area contributed by atoms with Gasteiger partial charge >= 0.3 is 0 Å². The van der Waals surface area contributed by atoms with Gasteiger partial charge in [-0.05, 0) is 38.7 Å². The van der Waals surface area contributed by atoms with Crippen LogP contribution in [0.2, 0.25) is 0 Å². The second-order valence-corrected chi connectivity index (χ2v) is 3.33. The summed E-state index contributed by atoms with van der Waals surface area (Å²) in [5, 5.41) is 0. The molecule has 0 bridgehead atoms. The first-order valence-corrected chi connectivity index (χ1v) is 5.75. The van der Waals surface area contributed by atoms with Crippen molar-refractivity contribution in [3.8, 4) is 0 Å². The molecule has 0 aromatic rings. The van der Waals surface area contributed by atoms with Crippen LogP contribution in [0.5, 0.6) is 0 Å². The Kier molecular flexibility index (Phi) is 12.0. The Balaban J connectivity index is 3.19. The van der Waals surface area contributed by atoms with Crippen LogP contribution < -0.4 is 0 Å². The number of hydrogen-bond donors (Lipinski definition) is 0. The summed E-state index contributed by atoms with van der Waals surface area (Å²) in [5.41, 5.74) is 0. The zero-order chi connectivity index (χ0) is 12.1. The second-order valence-electron chi connectivity index (χ2n) is 3.33. The van der Waals surface area contributed by atoms with E-state index in [-0.39, 0.29) is 6.29 Å². The lowest BCUT2D eigenvalue weighted by atomic mass is 10.2. The Labute approximate surface area is 98.5 Å². The van der Waals surface area contributed by atoms with E-state index in [4.69, 9.17) is 18.9 Å². The van der Waals surface area contributed by atoms with Gasteiger partial charge in [-0.3, -0.25) is 0 Å². The minimum atomic E-state index is -0.0711. The van der Waals surface area contributed by atoms with Gasteiger partial charge in [0, 0.05) is 20.8 Å². The normalized spacial score (nSPS) is 11.5. The molecule has 0 saturated carbocycles. The molecule has 96 valence electrons. The van der Waals surface area contributed by atoms with Gasteiger partial charge in [0.25, 0.3) is 0 Å². The first-order valence-electron chi connectivity index (χ1n) is 5.75. The van der Waals surface area contributed by atoms with Gasteiger partial charge < -0.3 is 18.9 Å². The van der Waals surface area contributed by atoms with Crippen molar-refractivity contribution >= 4 is 0 Å². The third-order valence-corrected chi connectivity index (χ3v) is 2.13. The van der Waals surface area contributed by atoms with Crippen LogP contribution in [0.3, 0.4) is 0 Å². The monoisotopic (exact) mass is 232 g/mol. The highest BCUT2D eigenvalue weighted by molar-refractivity contribution is 4.72. The fourth-order valence-corrected chi connectivity index (χ4v) is 1.21. The first kappa shape index (κ1) is 15.4. The summed E-state index contributed by atoms with van der Waals surface area (Å²) in [6.45, 7) is 2.96. The molecule has 0 N–H and O–H groups in total. The van der Waals surface area contributed by atoms with E-state index in [0.29, 0.717) is 13.4 Å². The molecule has 0 aliphatic carbocycles. The van der Waals surface area contributed by atoms with E-state index in [1.165, 1.54) is 0 Å². The maximum absolute atomic E-state index is 5.09. The molecule has 0 spiro atoms. The summed E-state index contributed by atoms with van der Waals surface area (Å²) >= 11 is 0. The summed E-state index contributed by atoms with van der Waals surface area (Å²) < 4.78 is 20.3. The number of methoxy groups -OCH3 is 2. The molecule has 0 heterocycles. The molecular formula is C12H24O4. The second kappa shape index (κ2) is 12.5. The fraction of sp³-hybridized carbons (Fsp3) is 0.833. The fourth-order valence-electron chi connectivity index (χ4n) is 1.21. The molecular weight excluding hydrogens is 208 g/mol. The van der Waals surface area contributed by atoms with Gasteiger partial charge in [0.05, 0.1) is 6.26 Å². The summed E-state index contributed by atoms with van der Waals surface area (Å²) in [6, 6.07) is 0. The highest BCUT2D eigenvalue weighted by atomic mass is 16.7. The lowest BCUT2D eigenvalue weighted by Gasteiger charge is -2.11. The summed E-state index contributed by atoms with van der Waals surface area (Å²) in [5.74, 6) is 0. The van der Waals surface area contributed by atoms with Crippen molar-refractivity contribution in [2.45, 2.75) is 38.9 Å². The average Bonchev–Trinajstić information content (AvgIpc) is 2.32. The van der Waals surface area contributed by atoms with E-state index in [1.54, 1.807) is 20.5 Å². The number of rotatable bonds is 11. The molecule has 0 aromatic heterocycles. The van der Waals surface area contributed by atoms with Crippen molar-refractivity contribution in [3.05, 3.63) is 12.3 Å². The van der Waals surface area contributed by atoms with E-state index < -0.39 is 0 Å². The van der Waals surface area contributed by atoms with Crippen LogP contribution in [-0.4, -0.2) is 33.9 Å². The highest BCUT2D eigenvalue weighted by Gasteiger charge is 2.02. The molecule has 0 aromatic carbocycles. The molecule has 0 fully saturated rings. The zero-order valence-corrected chi connectivity index (χ0v) is 10.6. The van der Waals surface area contributed by atoms with Gasteiger partial charge in [0.2, 0.25) is 0 Å². The SMILES string of the molecule is CCOCOC=CCCCCC(OC)OC. The van der Waals surface area contributed by atoms with Gasteiger partial charge in [-0.15, -0.1) is 0 Å². The molecule has 0 aliphatic rings. The largest absolute Gasteiger partial charge is 0.475 e. The summed E-state index contributed by atoms with van der Waals surface area (Å²) in [4.78, 5) is 0. The molecule has 0 amide bonds. The quantitative estimate of drug-likeness (QED) is 0.312. The average molecular weight is 232 g/mol. The van der Waals surface area contributed by atoms with Crippen LogP contribution in [0.25, 0.3) is 0 Å². The Hall–Kier alpha value is -0.580. The molecule has 0 unspecified atom stereocenters. The number of ether oxygens (including phenoxy) is 4. The topological polar surface area (TPSA) is 36.9 Å². The van der Waals surface area contributed by atoms with Crippen molar-refractivity contribution in [1.29, 1.82) is 0 Å². The van der Waals surface area contributed by atoms with Crippen molar-refractivity contribution in [2.75, 3.05) is 27.6 Å². The van der Waals surface area contributed by atoms with Gasteiger partial charge in [-0.25, -0.2) is 0 Å². The Bertz CT molecular complexity index is 155. The molecule has 4 heteroatoms. The molecule has 0 rings (SSSR count). The number of allylic oxidation sites excluding steroid dienone is 1. The smallest absolute Gasteiger partial charge is 0.188 e. The third kappa shape index (κ3) is 9.96. The van der Waals surface area contributed by atoms with E-state index >= 15 is 0 Å². The zero-order valence-electron chi connectivity index (χ0n) is 10.6. The van der Waals surface area contributed by atoms with Crippen molar-refractivity contribution in [3.63, 3.8) is 0 Å². The lowest BCUT2D eigenvalue weighted by Crippen LogP contribution is -2.12. The van der Waals surface area contributed by atoms with E-state index in [9.17, 15) is 0 Å². The molecule has 0 aliphatic heterocycles. The Morgan fingerprint density at radius 2 is 1.88 bits per heavy atom. The van der Waals surface area contributed by atoms with Crippen LogP contribution in [0.4, 0.5) is 0 Å². The summed E-state index contributed by atoms with van der Waals surface area (Å²) in [6.07, 6.45) is 7.76. The predicted octanol–water partition coefficient (Wildman–Crippen LogP) is 2.69. The van der Waals surface area contributed by atoms with E-state index in [1.807, 2.05) is 13.0 Å². The number of hydrogen-bond acceptors (Lipinski definition) is 4. The minimum absolute atomic E-state index is 0.0711. The maximum Gasteiger partial charge on any atom is 0.188 e. The van der Waals surface area contributed by atoms with Crippen molar-refractivity contribution in [2.24, 2.45) is 0 Å². The van der Waals surface area contributed by atoms with Crippen LogP contribution in [0.1, 0.15) is 32.6 Å². The third-order valence-electron chi connectivity index (χ3n) is 2.13. The molecule has 0 saturated heterocycles. The van der Waals surface area contributed by atoms with Gasteiger partial charge in [-0.2, -0.15) is 0 Å². The molecule has 0 radical (unpaired) electrons. The maximum atomic E-state index is 5.09. The molecule has 16 heavy (non-hydrogen) atoms. The molecule has 0 atom stereocenters. The Morgan fingerprint density at radius 3 is 2.50 bits per heavy atom. The van der Waals surface area contributed by atoms with Crippen molar-refractivity contribution < 1.29 is 18.9 Å². The van der Waals surface area contributed by atoms with Crippen LogP contribution in [0.15, 0.2) is 12.3 Å². The highest BCUT2D eigenvalue weighted by Crippen LogP contribution is 2.07. The van der Waals surface area contributed by atoms with Crippen molar-refractivity contribution in [1.82, 2.24) is 0 Å². The summed E-state index contributed by atoms with van der Waals surface area (Å²) in [7, 11) is 3.32. The van der Waals surface area contributed by atoms with Crippen LogP contribution >= 0.6 is 0 Å². The van der Waals surface area contributed by atoms with Gasteiger partial charge in [0.15, 0.2) is 13.1 Å². The van der Waals surface area contributed by atoms with E-state index in [0.717, 1.165) is 25.7 Å². The predicted molar refractivity (Wildman–Crippen MR) is 63.0 cm³/mol. The molecule has 4 nitrogen and oxygen atoms in total. The van der Waals surface area contributed by atoms with Gasteiger partial charge in [0.1, 0.15) is 0 Å². The Morgan fingerprint density at radius 1 is 1.12 bits per heavy atom. The minimum Gasteiger partial charge on any atom is -0.475 e. The lowest BCUT2D eigenvalue weighted by molar-refractivity contribution is -0.107. The van der Waals surface area contributed by atoms with Crippen LogP contribution in [0, 0.1) is 0 Å². The van der Waals surface area contributed by atoms with Crippen LogP contribution in [-0.2, 0) is 18.9 Å². The van der Waals surface area contributed by atoms with E-state index in [2.05, 4.69) is 0 Å². The first-order chi connectivity index (χ1) is 7.85. The van der Waals surface area contributed by atoms with Gasteiger partial charge in [-0.1, -0.05) is 0 Å². The standard InChI is InChI=1S/C12H24O4/c1-4-15-11-16-10-8-6-5-7-9-12(13-2)14-3/h8,10,12H,4-7,9,11H2,1-3H3.